The summed E-state index contributed by atoms with van der Waals surface area (Å²) in [4.78, 5) is 21.3. The van der Waals surface area contributed by atoms with E-state index in [4.69, 9.17) is 21.1 Å². The zero-order valence-electron chi connectivity index (χ0n) is 17.5. The standard InChI is InChI=1S/C25H20ClN3O3/c1-16-3-8-19(15-22(16)26)28-25(30)18-6-4-17(5-7-18)24-27-14-13-23(29-24)32-21-11-9-20(31-2)10-12-21/h3-15H,1-2H3,(H,28,30). The van der Waals surface area contributed by atoms with Crippen molar-refractivity contribution in [2.45, 2.75) is 6.92 Å². The van der Waals surface area contributed by atoms with Gasteiger partial charge in [0.15, 0.2) is 5.82 Å². The number of aryl methyl sites for hydroxylation is 1. The molecule has 0 spiro atoms. The van der Waals surface area contributed by atoms with Crippen molar-refractivity contribution >= 4 is 23.2 Å². The predicted octanol–water partition coefficient (Wildman–Crippen LogP) is 6.16. The van der Waals surface area contributed by atoms with Crippen LogP contribution in [0.1, 0.15) is 15.9 Å². The molecule has 0 aliphatic rings. The molecule has 7 heteroatoms. The molecule has 4 rings (SSSR count). The average molecular weight is 446 g/mol. The number of aromatic nitrogens is 2. The number of halogens is 1. The number of carbonyl (C=O) groups excluding carboxylic acids is 1. The number of ether oxygens (including phenoxy) is 2. The summed E-state index contributed by atoms with van der Waals surface area (Å²) in [5, 5.41) is 3.45. The maximum absolute atomic E-state index is 12.5. The van der Waals surface area contributed by atoms with E-state index in [-0.39, 0.29) is 5.91 Å². The number of nitrogens with one attached hydrogen (secondary N) is 1. The van der Waals surface area contributed by atoms with Gasteiger partial charge in [-0.05, 0) is 61.0 Å². The van der Waals surface area contributed by atoms with E-state index in [1.807, 2.05) is 31.2 Å². The van der Waals surface area contributed by atoms with Gasteiger partial charge >= 0.3 is 0 Å². The monoisotopic (exact) mass is 445 g/mol. The summed E-state index contributed by atoms with van der Waals surface area (Å²) in [6.07, 6.45) is 1.63. The fraction of sp³-hybridized carbons (Fsp3) is 0.0800. The number of hydrogen-bond donors (Lipinski definition) is 1. The molecule has 0 fully saturated rings. The Morgan fingerprint density at radius 2 is 1.66 bits per heavy atom. The molecule has 32 heavy (non-hydrogen) atoms. The molecule has 0 saturated carbocycles. The van der Waals surface area contributed by atoms with Gasteiger partial charge in [-0.25, -0.2) is 4.98 Å². The van der Waals surface area contributed by atoms with Crippen molar-refractivity contribution in [3.05, 3.63) is 95.1 Å². The lowest BCUT2D eigenvalue weighted by molar-refractivity contribution is 0.102. The van der Waals surface area contributed by atoms with E-state index in [1.165, 1.54) is 0 Å². The summed E-state index contributed by atoms with van der Waals surface area (Å²) >= 11 is 6.13. The van der Waals surface area contributed by atoms with E-state index in [1.54, 1.807) is 61.8 Å². The molecular formula is C25H20ClN3O3. The number of methoxy groups -OCH3 is 1. The topological polar surface area (TPSA) is 73.3 Å². The van der Waals surface area contributed by atoms with Crippen LogP contribution in [0.15, 0.2) is 79.0 Å². The molecule has 0 unspecified atom stereocenters. The Bertz CT molecular complexity index is 1240. The molecule has 0 aliphatic heterocycles. The van der Waals surface area contributed by atoms with Crippen LogP contribution in [0, 0.1) is 6.92 Å². The van der Waals surface area contributed by atoms with Crippen LogP contribution in [0.2, 0.25) is 5.02 Å². The minimum absolute atomic E-state index is 0.228. The number of benzene rings is 3. The van der Waals surface area contributed by atoms with E-state index >= 15 is 0 Å². The zero-order valence-corrected chi connectivity index (χ0v) is 18.3. The van der Waals surface area contributed by atoms with Gasteiger partial charge in [0, 0.05) is 34.1 Å². The zero-order chi connectivity index (χ0) is 22.5. The lowest BCUT2D eigenvalue weighted by atomic mass is 10.1. The maximum Gasteiger partial charge on any atom is 0.255 e. The second-order valence-electron chi connectivity index (χ2n) is 6.99. The number of hydrogen-bond acceptors (Lipinski definition) is 5. The second kappa shape index (κ2) is 9.49. The van der Waals surface area contributed by atoms with Crippen molar-refractivity contribution in [2.75, 3.05) is 12.4 Å². The fourth-order valence-electron chi connectivity index (χ4n) is 2.95. The first kappa shape index (κ1) is 21.3. The molecule has 0 atom stereocenters. The summed E-state index contributed by atoms with van der Waals surface area (Å²) in [6, 6.07) is 21.3. The van der Waals surface area contributed by atoms with E-state index in [0.717, 1.165) is 16.9 Å². The SMILES string of the molecule is COc1ccc(Oc2ccnc(-c3ccc(C(=O)Nc4ccc(C)c(Cl)c4)cc3)n2)cc1. The molecule has 1 amide bonds. The first-order valence-electron chi connectivity index (χ1n) is 9.85. The van der Waals surface area contributed by atoms with E-state index < -0.39 is 0 Å². The van der Waals surface area contributed by atoms with Crippen molar-refractivity contribution in [1.82, 2.24) is 9.97 Å². The van der Waals surface area contributed by atoms with E-state index in [2.05, 4.69) is 15.3 Å². The van der Waals surface area contributed by atoms with Crippen molar-refractivity contribution in [3.8, 4) is 28.8 Å². The Labute approximate surface area is 190 Å². The fourth-order valence-corrected chi connectivity index (χ4v) is 3.13. The molecule has 6 nitrogen and oxygen atoms in total. The van der Waals surface area contributed by atoms with Crippen LogP contribution in [0.4, 0.5) is 5.69 Å². The van der Waals surface area contributed by atoms with Crippen molar-refractivity contribution < 1.29 is 14.3 Å². The molecular weight excluding hydrogens is 426 g/mol. The lowest BCUT2D eigenvalue weighted by Gasteiger charge is -2.09. The lowest BCUT2D eigenvalue weighted by Crippen LogP contribution is -2.11. The molecule has 1 heterocycles. The third-order valence-electron chi connectivity index (χ3n) is 4.75. The first-order chi connectivity index (χ1) is 15.5. The molecule has 160 valence electrons. The highest BCUT2D eigenvalue weighted by Gasteiger charge is 2.10. The largest absolute Gasteiger partial charge is 0.497 e. The average Bonchev–Trinajstić information content (AvgIpc) is 2.82. The van der Waals surface area contributed by atoms with Crippen LogP contribution in [0.25, 0.3) is 11.4 Å². The third kappa shape index (κ3) is 5.04. The molecule has 1 N–H and O–H groups in total. The van der Waals surface area contributed by atoms with Gasteiger partial charge in [-0.15, -0.1) is 0 Å². The van der Waals surface area contributed by atoms with Crippen molar-refractivity contribution in [1.29, 1.82) is 0 Å². The van der Waals surface area contributed by atoms with Crippen LogP contribution in [0.5, 0.6) is 17.4 Å². The van der Waals surface area contributed by atoms with Crippen LogP contribution in [-0.2, 0) is 0 Å². The van der Waals surface area contributed by atoms with Crippen molar-refractivity contribution in [2.24, 2.45) is 0 Å². The minimum Gasteiger partial charge on any atom is -0.497 e. The van der Waals surface area contributed by atoms with Gasteiger partial charge in [-0.3, -0.25) is 4.79 Å². The Morgan fingerprint density at radius 1 is 0.938 bits per heavy atom. The highest BCUT2D eigenvalue weighted by molar-refractivity contribution is 6.31. The first-order valence-corrected chi connectivity index (χ1v) is 10.2. The molecule has 0 bridgehead atoms. The Kier molecular flexibility index (Phi) is 6.33. The predicted molar refractivity (Wildman–Crippen MR) is 125 cm³/mol. The van der Waals surface area contributed by atoms with Gasteiger partial charge in [0.1, 0.15) is 11.5 Å². The van der Waals surface area contributed by atoms with Gasteiger partial charge in [-0.2, -0.15) is 4.98 Å². The van der Waals surface area contributed by atoms with Gasteiger partial charge < -0.3 is 14.8 Å². The summed E-state index contributed by atoms with van der Waals surface area (Å²) in [7, 11) is 1.61. The Morgan fingerprint density at radius 3 is 2.34 bits per heavy atom. The van der Waals surface area contributed by atoms with Crippen molar-refractivity contribution in [3.63, 3.8) is 0 Å². The molecule has 1 aromatic heterocycles. The number of amides is 1. The minimum atomic E-state index is -0.228. The van der Waals surface area contributed by atoms with Crippen LogP contribution >= 0.6 is 11.6 Å². The number of rotatable bonds is 6. The normalized spacial score (nSPS) is 10.5. The summed E-state index contributed by atoms with van der Waals surface area (Å²) in [5.41, 5.74) is 2.87. The van der Waals surface area contributed by atoms with Crippen LogP contribution in [-0.4, -0.2) is 23.0 Å². The van der Waals surface area contributed by atoms with Gasteiger partial charge in [-0.1, -0.05) is 29.8 Å². The number of nitrogens with zero attached hydrogens (tertiary/aromatic N) is 2. The van der Waals surface area contributed by atoms with Crippen LogP contribution in [0.3, 0.4) is 0 Å². The molecule has 0 radical (unpaired) electrons. The van der Waals surface area contributed by atoms with E-state index in [9.17, 15) is 4.79 Å². The highest BCUT2D eigenvalue weighted by atomic mass is 35.5. The summed E-state index contributed by atoms with van der Waals surface area (Å²) in [6.45, 7) is 1.91. The maximum atomic E-state index is 12.5. The molecule has 4 aromatic rings. The number of carbonyl (C=O) groups is 1. The summed E-state index contributed by atoms with van der Waals surface area (Å²) in [5.74, 6) is 2.06. The Hall–Kier alpha value is -3.90. The van der Waals surface area contributed by atoms with Gasteiger partial charge in [0.25, 0.3) is 5.91 Å². The molecule has 3 aromatic carbocycles. The smallest absolute Gasteiger partial charge is 0.255 e. The van der Waals surface area contributed by atoms with Gasteiger partial charge in [0.2, 0.25) is 5.88 Å². The molecule has 0 aliphatic carbocycles. The third-order valence-corrected chi connectivity index (χ3v) is 5.15. The number of anilines is 1. The summed E-state index contributed by atoms with van der Waals surface area (Å²) < 4.78 is 11.0. The highest BCUT2D eigenvalue weighted by Crippen LogP contribution is 2.25. The van der Waals surface area contributed by atoms with E-state index in [0.29, 0.717) is 33.7 Å². The van der Waals surface area contributed by atoms with Crippen LogP contribution < -0.4 is 14.8 Å². The quantitative estimate of drug-likeness (QED) is 0.385. The van der Waals surface area contributed by atoms with Gasteiger partial charge in [0.05, 0.1) is 7.11 Å². The molecule has 0 saturated heterocycles. The Balaban J connectivity index is 1.46. The second-order valence-corrected chi connectivity index (χ2v) is 7.40.